The lowest BCUT2D eigenvalue weighted by Crippen LogP contribution is -2.70. The van der Waals surface area contributed by atoms with Gasteiger partial charge in [-0.3, -0.25) is 14.4 Å². The van der Waals surface area contributed by atoms with Crippen molar-refractivity contribution in [3.63, 3.8) is 0 Å². The summed E-state index contributed by atoms with van der Waals surface area (Å²) >= 11 is 0. The van der Waals surface area contributed by atoms with Crippen molar-refractivity contribution in [2.45, 2.75) is 193 Å². The minimum atomic E-state index is -2.96. The van der Waals surface area contributed by atoms with Gasteiger partial charge < -0.3 is 146 Å². The van der Waals surface area contributed by atoms with Crippen molar-refractivity contribution in [3.8, 4) is 0 Å². The zero-order chi connectivity index (χ0) is 55.8. The summed E-state index contributed by atoms with van der Waals surface area (Å²) in [7, 11) is 0. The highest BCUT2D eigenvalue weighted by Gasteiger charge is 2.59. The van der Waals surface area contributed by atoms with Crippen LogP contribution in [0.15, 0.2) is 0 Å². The van der Waals surface area contributed by atoms with E-state index < -0.39 is 222 Å². The second-order valence-electron chi connectivity index (χ2n) is 18.6. The molecule has 26 atom stereocenters. The van der Waals surface area contributed by atoms with Crippen LogP contribution >= 0.6 is 0 Å². The van der Waals surface area contributed by atoms with Gasteiger partial charge >= 0.3 is 5.97 Å². The highest BCUT2D eigenvalue weighted by atomic mass is 16.8. The predicted molar refractivity (Wildman–Crippen MR) is 236 cm³/mol. The number of aliphatic hydroxyl groups excluding tert-OH is 14. The van der Waals surface area contributed by atoms with Crippen LogP contribution in [0.5, 0.6) is 0 Å². The first-order chi connectivity index (χ1) is 35.4. The van der Waals surface area contributed by atoms with E-state index in [-0.39, 0.29) is 13.2 Å². The predicted octanol–water partition coefficient (Wildman–Crippen LogP) is -11.9. The van der Waals surface area contributed by atoms with Crippen molar-refractivity contribution >= 4 is 23.7 Å². The molecule has 5 aliphatic rings. The van der Waals surface area contributed by atoms with Crippen LogP contribution in [-0.2, 0) is 66.5 Å². The number of carboxylic acids is 1. The van der Waals surface area contributed by atoms with Gasteiger partial charge in [0, 0.05) is 27.2 Å². The normalized spacial score (nSPS) is 43.3. The molecule has 0 aromatic carbocycles. The average molecular weight is 1100 g/mol. The van der Waals surface area contributed by atoms with Crippen LogP contribution in [-0.4, -0.2) is 305 Å². The van der Waals surface area contributed by atoms with E-state index in [0.29, 0.717) is 6.42 Å². The average Bonchev–Trinajstić information content (AvgIpc) is 3.36. The third kappa shape index (κ3) is 14.6. The molecule has 5 aliphatic heterocycles. The quantitative estimate of drug-likeness (QED) is 0.0423. The zero-order valence-electron chi connectivity index (χ0n) is 40.8. The standard InChI is InChI=1S/C42H72N4O29/c1-13(51)44-22-16(54)7-42(41(64)65,75-35(22)25(56)17(55)8-47)67-12-21-26(57)30(61)31(62)39(71-21)72-34-20(11-50)70-38(24(29(34)60)46-15(3)53)74-36-27(58)18(9-48)68-40(32(36)63)73-33-19(10-49)69-37(66-6-4-5-43)23(28(33)59)45-14(2)52/h16-40,47-50,54-63H,4-12,43H2,1-3H3,(H,44,51)(H,45,52)(H,46,53)(H,64,65)/t16?,17-,18?,19?,20?,21?,22?,23?,24?,25-,26?,27?,28?,29?,30?,31?,32?,33?,34?,35?,36?,37?,38?,39?,40?,42?/m1/s1. The van der Waals surface area contributed by atoms with Crippen LogP contribution in [0.25, 0.3) is 0 Å². The second kappa shape index (κ2) is 27.7. The Hall–Kier alpha value is -3.12. The fourth-order valence-electron chi connectivity index (χ4n) is 9.24. The highest BCUT2D eigenvalue weighted by molar-refractivity contribution is 5.77. The van der Waals surface area contributed by atoms with Gasteiger partial charge in [-0.15, -0.1) is 0 Å². The summed E-state index contributed by atoms with van der Waals surface area (Å²) < 4.78 is 57.5. The zero-order valence-corrected chi connectivity index (χ0v) is 40.8. The molecule has 3 amide bonds. The van der Waals surface area contributed by atoms with E-state index >= 15 is 0 Å². The maximum absolute atomic E-state index is 12.7. The molecule has 5 saturated heterocycles. The van der Waals surface area contributed by atoms with Crippen LogP contribution in [0.4, 0.5) is 0 Å². The summed E-state index contributed by atoms with van der Waals surface area (Å²) in [6.45, 7) is -1.65. The molecule has 75 heavy (non-hydrogen) atoms. The van der Waals surface area contributed by atoms with Gasteiger partial charge in [-0.2, -0.15) is 0 Å². The van der Waals surface area contributed by atoms with Crippen molar-refractivity contribution in [2.75, 3.05) is 46.2 Å². The number of aliphatic hydroxyl groups is 14. The molecule has 434 valence electrons. The van der Waals surface area contributed by atoms with Gasteiger partial charge in [0.15, 0.2) is 25.2 Å². The summed E-state index contributed by atoms with van der Waals surface area (Å²) in [5.74, 6) is -7.19. The van der Waals surface area contributed by atoms with Crippen molar-refractivity contribution in [1.29, 1.82) is 0 Å². The SMILES string of the molecule is CC(=O)NC1C(OC2C(O)C(CO)OC(OC3C(CO)OC(OCCCN)C(NC(C)=O)C3O)C2O)OC(CO)C(OC2OC(COC3(C(=O)O)CC(O)C(NC(C)=O)C([C@H](O)[C@H](O)CO)O3)C(O)C(O)C2O)C1O. The van der Waals surface area contributed by atoms with E-state index in [9.17, 15) is 95.8 Å². The van der Waals surface area contributed by atoms with E-state index in [1.54, 1.807) is 0 Å². The third-order valence-electron chi connectivity index (χ3n) is 13.1. The molecule has 0 spiro atoms. The van der Waals surface area contributed by atoms with Gasteiger partial charge in [-0.25, -0.2) is 4.79 Å². The molecular weight excluding hydrogens is 1020 g/mol. The first-order valence-electron chi connectivity index (χ1n) is 23.9. The fraction of sp³-hybridized carbons (Fsp3) is 0.905. The molecule has 5 rings (SSSR count). The molecule has 24 unspecified atom stereocenters. The van der Waals surface area contributed by atoms with Gasteiger partial charge in [0.1, 0.15) is 116 Å². The lowest BCUT2D eigenvalue weighted by atomic mass is 9.88. The number of hydrogen-bond acceptors (Lipinski definition) is 29. The second-order valence-corrected chi connectivity index (χ2v) is 18.6. The Morgan fingerprint density at radius 1 is 0.600 bits per heavy atom. The lowest BCUT2D eigenvalue weighted by Gasteiger charge is -2.50. The Morgan fingerprint density at radius 3 is 1.59 bits per heavy atom. The number of nitrogens with one attached hydrogen (secondary N) is 3. The largest absolute Gasteiger partial charge is 0.477 e. The number of amides is 3. The summed E-state index contributed by atoms with van der Waals surface area (Å²) in [4.78, 5) is 49.4. The van der Waals surface area contributed by atoms with Gasteiger partial charge in [0.25, 0.3) is 5.79 Å². The molecular formula is C42H72N4O29. The number of hydrogen-bond donors (Lipinski definition) is 19. The summed E-state index contributed by atoms with van der Waals surface area (Å²) in [5, 5.41) is 169. The molecule has 0 bridgehead atoms. The van der Waals surface area contributed by atoms with Crippen LogP contribution in [0.2, 0.25) is 0 Å². The van der Waals surface area contributed by atoms with E-state index in [1.807, 2.05) is 0 Å². The molecule has 0 radical (unpaired) electrons. The Bertz CT molecular complexity index is 1850. The van der Waals surface area contributed by atoms with Gasteiger partial charge in [-0.1, -0.05) is 0 Å². The molecule has 5 heterocycles. The van der Waals surface area contributed by atoms with Crippen molar-refractivity contribution < 1.29 is 143 Å². The Morgan fingerprint density at radius 2 is 1.08 bits per heavy atom. The molecule has 33 heteroatoms. The molecule has 5 fully saturated rings. The van der Waals surface area contributed by atoms with Crippen LogP contribution < -0.4 is 21.7 Å². The summed E-state index contributed by atoms with van der Waals surface area (Å²) in [6.07, 6.45) is -42.8. The third-order valence-corrected chi connectivity index (χ3v) is 13.1. The number of carbonyl (C=O) groups is 4. The first kappa shape index (κ1) is 62.7. The molecule has 0 aliphatic carbocycles. The monoisotopic (exact) mass is 1100 g/mol. The Labute approximate surface area is 426 Å². The number of carboxylic acid groups (broad SMARTS) is 1. The number of ether oxygens (including phenoxy) is 10. The topological polar surface area (TPSA) is 526 Å². The van der Waals surface area contributed by atoms with Crippen molar-refractivity contribution in [1.82, 2.24) is 16.0 Å². The van der Waals surface area contributed by atoms with Crippen molar-refractivity contribution in [2.24, 2.45) is 5.73 Å². The molecule has 33 nitrogen and oxygen atoms in total. The number of rotatable bonds is 23. The Kier molecular flexibility index (Phi) is 23.1. The van der Waals surface area contributed by atoms with Gasteiger partial charge in [0.05, 0.1) is 51.8 Å². The first-order valence-corrected chi connectivity index (χ1v) is 23.9. The highest BCUT2D eigenvalue weighted by Crippen LogP contribution is 2.37. The number of nitrogens with two attached hydrogens (primary N) is 1. The summed E-state index contributed by atoms with van der Waals surface area (Å²) in [5.41, 5.74) is 5.54. The smallest absolute Gasteiger partial charge is 0.364 e. The van der Waals surface area contributed by atoms with E-state index in [0.717, 1.165) is 20.8 Å². The Balaban J connectivity index is 1.35. The van der Waals surface area contributed by atoms with Crippen LogP contribution in [0.1, 0.15) is 33.6 Å². The number of carbonyl (C=O) groups excluding carboxylic acids is 3. The molecule has 20 N–H and O–H groups in total. The molecule has 0 aromatic rings. The number of aliphatic carboxylic acids is 1. The van der Waals surface area contributed by atoms with E-state index in [4.69, 9.17) is 53.1 Å². The molecule has 0 aromatic heterocycles. The van der Waals surface area contributed by atoms with Crippen LogP contribution in [0.3, 0.4) is 0 Å². The van der Waals surface area contributed by atoms with Crippen molar-refractivity contribution in [3.05, 3.63) is 0 Å². The maximum Gasteiger partial charge on any atom is 0.364 e. The minimum absolute atomic E-state index is 0.0227. The maximum atomic E-state index is 12.7. The fourth-order valence-corrected chi connectivity index (χ4v) is 9.24. The van der Waals surface area contributed by atoms with Gasteiger partial charge in [-0.05, 0) is 13.0 Å². The van der Waals surface area contributed by atoms with Crippen LogP contribution in [0, 0.1) is 0 Å². The lowest BCUT2D eigenvalue weighted by molar-refractivity contribution is -0.379. The minimum Gasteiger partial charge on any atom is -0.477 e. The molecule has 0 saturated carbocycles. The van der Waals surface area contributed by atoms with Gasteiger partial charge in [0.2, 0.25) is 17.7 Å². The summed E-state index contributed by atoms with van der Waals surface area (Å²) in [6, 6.07) is -4.71. The van der Waals surface area contributed by atoms with E-state index in [2.05, 4.69) is 16.0 Å². The van der Waals surface area contributed by atoms with E-state index in [1.165, 1.54) is 0 Å².